The SMILES string of the molecule is CCCCCC(NC(=O)c1ccc2c(C3CCCCCC3)c3n(c2c1)CCCC(C)N=CCC/C=C\C3CC)C(=O)Nc1ccc(/C=C/C(C)=O)cc1. The smallest absolute Gasteiger partial charge is 0.252 e. The lowest BCUT2D eigenvalue weighted by atomic mass is 9.85. The van der Waals surface area contributed by atoms with Crippen LogP contribution in [0.4, 0.5) is 5.69 Å². The van der Waals surface area contributed by atoms with Crippen LogP contribution >= 0.6 is 0 Å². The number of rotatable bonds is 12. The number of ketones is 1. The van der Waals surface area contributed by atoms with Gasteiger partial charge in [-0.2, -0.15) is 0 Å². The highest BCUT2D eigenvalue weighted by Gasteiger charge is 2.29. The number of hydrogen-bond donors (Lipinski definition) is 2. The Kier molecular flexibility index (Phi) is 15.3. The molecular weight excluding hydrogens is 657 g/mol. The van der Waals surface area contributed by atoms with Crippen LogP contribution in [0.5, 0.6) is 0 Å². The summed E-state index contributed by atoms with van der Waals surface area (Å²) in [6.07, 6.45) is 26.2. The van der Waals surface area contributed by atoms with Crippen LogP contribution in [0.2, 0.25) is 0 Å². The van der Waals surface area contributed by atoms with Crippen molar-refractivity contribution in [3.05, 3.63) is 83.1 Å². The molecule has 2 amide bonds. The number of carbonyl (C=O) groups excluding carboxylic acids is 3. The third kappa shape index (κ3) is 11.1. The van der Waals surface area contributed by atoms with Crippen molar-refractivity contribution in [3.8, 4) is 0 Å². The minimum absolute atomic E-state index is 0.0192. The van der Waals surface area contributed by atoms with Crippen molar-refractivity contribution >= 4 is 46.5 Å². The first-order chi connectivity index (χ1) is 25.8. The maximum atomic E-state index is 14.1. The fourth-order valence-electron chi connectivity index (χ4n) is 8.13. The maximum absolute atomic E-state index is 14.1. The molecule has 2 heterocycles. The summed E-state index contributed by atoms with van der Waals surface area (Å²) in [6, 6.07) is 13.3. The van der Waals surface area contributed by atoms with Crippen molar-refractivity contribution in [2.24, 2.45) is 4.99 Å². The largest absolute Gasteiger partial charge is 0.344 e. The van der Waals surface area contributed by atoms with Gasteiger partial charge >= 0.3 is 0 Å². The molecule has 2 aromatic carbocycles. The molecule has 5 rings (SSSR count). The van der Waals surface area contributed by atoms with Crippen LogP contribution in [0.15, 0.2) is 65.7 Å². The Morgan fingerprint density at radius 2 is 1.72 bits per heavy atom. The molecule has 0 radical (unpaired) electrons. The molecule has 7 nitrogen and oxygen atoms in total. The van der Waals surface area contributed by atoms with Gasteiger partial charge in [0.25, 0.3) is 5.91 Å². The first-order valence-electron chi connectivity index (χ1n) is 20.5. The molecule has 1 aliphatic carbocycles. The molecule has 7 heteroatoms. The summed E-state index contributed by atoms with van der Waals surface area (Å²) in [6.45, 7) is 9.06. The number of aryl methyl sites for hydroxylation is 1. The minimum Gasteiger partial charge on any atom is -0.344 e. The zero-order valence-corrected chi connectivity index (χ0v) is 32.7. The summed E-state index contributed by atoms with van der Waals surface area (Å²) in [5.74, 6) is 0.352. The molecule has 0 bridgehead atoms. The summed E-state index contributed by atoms with van der Waals surface area (Å²) in [4.78, 5) is 44.0. The van der Waals surface area contributed by atoms with Crippen molar-refractivity contribution in [3.63, 3.8) is 0 Å². The lowest BCUT2D eigenvalue weighted by molar-refractivity contribution is -0.118. The molecule has 3 unspecified atom stereocenters. The summed E-state index contributed by atoms with van der Waals surface area (Å²) in [5.41, 5.74) is 6.19. The maximum Gasteiger partial charge on any atom is 0.252 e. The van der Waals surface area contributed by atoms with Crippen molar-refractivity contribution in [1.82, 2.24) is 9.88 Å². The standard InChI is InChI=1S/C46H62N4O3/c1-5-7-11-21-41(46(53)48-39-27-24-35(25-28-39)23-22-34(4)51)49-45(52)38-26-29-40-42(32-38)50-31-16-17-33(3)47-30-15-10-14-18-36(6-2)44(50)43(40)37-19-12-8-9-13-20-37/h14,18,22-30,32-33,36-37,41H,5-13,15-17,19-21,31H2,1-4H3,(H,48,53)(H,49,52)/b18-14-,23-22+,47-30?. The van der Waals surface area contributed by atoms with E-state index in [4.69, 9.17) is 4.99 Å². The number of aliphatic imine (C=N–C) groups is 1. The topological polar surface area (TPSA) is 92.6 Å². The van der Waals surface area contributed by atoms with Gasteiger partial charge in [-0.3, -0.25) is 19.4 Å². The first-order valence-corrected chi connectivity index (χ1v) is 20.5. The Bertz CT molecular complexity index is 1760. The lowest BCUT2D eigenvalue weighted by Crippen LogP contribution is -2.43. The average molecular weight is 719 g/mol. The van der Waals surface area contributed by atoms with Gasteiger partial charge in [0.05, 0.1) is 0 Å². The van der Waals surface area contributed by atoms with E-state index in [1.54, 1.807) is 6.08 Å². The third-order valence-electron chi connectivity index (χ3n) is 11.1. The lowest BCUT2D eigenvalue weighted by Gasteiger charge is -2.23. The van der Waals surface area contributed by atoms with Gasteiger partial charge < -0.3 is 15.2 Å². The zero-order chi connectivity index (χ0) is 37.6. The highest BCUT2D eigenvalue weighted by molar-refractivity contribution is 6.03. The van der Waals surface area contributed by atoms with Gasteiger partial charge in [-0.25, -0.2) is 0 Å². The molecule has 1 fully saturated rings. The number of nitrogens with zero attached hydrogens (tertiary/aromatic N) is 2. The number of aromatic nitrogens is 1. The normalized spacial score (nSPS) is 20.1. The molecule has 0 saturated heterocycles. The van der Waals surface area contributed by atoms with E-state index < -0.39 is 6.04 Å². The van der Waals surface area contributed by atoms with Gasteiger partial charge in [0.2, 0.25) is 5.91 Å². The number of hydrogen-bond acceptors (Lipinski definition) is 4. The second-order valence-electron chi connectivity index (χ2n) is 15.3. The number of unbranched alkanes of at least 4 members (excludes halogenated alkanes) is 2. The van der Waals surface area contributed by atoms with E-state index >= 15 is 0 Å². The number of allylic oxidation sites excluding steroid dienone is 3. The van der Waals surface area contributed by atoms with Crippen LogP contribution in [0.1, 0.15) is 163 Å². The number of fused-ring (bicyclic) bond motifs is 3. The zero-order valence-electron chi connectivity index (χ0n) is 32.7. The quantitative estimate of drug-likeness (QED) is 0.0845. The van der Waals surface area contributed by atoms with Gasteiger partial charge in [0, 0.05) is 46.4 Å². The van der Waals surface area contributed by atoms with Crippen LogP contribution in [0, 0.1) is 0 Å². The van der Waals surface area contributed by atoms with Crippen molar-refractivity contribution in [1.29, 1.82) is 0 Å². The Morgan fingerprint density at radius 1 is 0.943 bits per heavy atom. The Hall–Kier alpha value is -4.26. The highest BCUT2D eigenvalue weighted by Crippen LogP contribution is 2.43. The number of carbonyl (C=O) groups is 3. The van der Waals surface area contributed by atoms with E-state index in [0.717, 1.165) is 69.0 Å². The van der Waals surface area contributed by atoms with E-state index in [0.29, 0.717) is 29.5 Å². The monoisotopic (exact) mass is 718 g/mol. The fourth-order valence-corrected chi connectivity index (χ4v) is 8.13. The van der Waals surface area contributed by atoms with Crippen molar-refractivity contribution < 1.29 is 14.4 Å². The van der Waals surface area contributed by atoms with E-state index in [-0.39, 0.29) is 23.6 Å². The highest BCUT2D eigenvalue weighted by atomic mass is 16.2. The van der Waals surface area contributed by atoms with Crippen LogP contribution in [0.25, 0.3) is 17.0 Å². The molecule has 2 N–H and O–H groups in total. The molecule has 1 aromatic heterocycles. The second-order valence-corrected chi connectivity index (χ2v) is 15.3. The molecule has 53 heavy (non-hydrogen) atoms. The summed E-state index contributed by atoms with van der Waals surface area (Å²) < 4.78 is 2.56. The number of anilines is 1. The minimum atomic E-state index is -0.669. The fraction of sp³-hybridized carbons (Fsp3) is 0.522. The van der Waals surface area contributed by atoms with Crippen LogP contribution in [0.3, 0.4) is 0 Å². The molecule has 284 valence electrons. The third-order valence-corrected chi connectivity index (χ3v) is 11.1. The van der Waals surface area contributed by atoms with Crippen LogP contribution in [-0.4, -0.2) is 40.5 Å². The van der Waals surface area contributed by atoms with Crippen molar-refractivity contribution in [2.75, 3.05) is 5.32 Å². The van der Waals surface area contributed by atoms with Crippen LogP contribution in [-0.2, 0) is 16.1 Å². The van der Waals surface area contributed by atoms with E-state index in [9.17, 15) is 14.4 Å². The predicted molar refractivity (Wildman–Crippen MR) is 221 cm³/mol. The number of nitrogens with one attached hydrogen (secondary N) is 2. The molecule has 2 aliphatic rings. The molecule has 0 spiro atoms. The van der Waals surface area contributed by atoms with E-state index in [1.165, 1.54) is 68.2 Å². The average Bonchev–Trinajstić information content (AvgIpc) is 3.26. The van der Waals surface area contributed by atoms with Crippen molar-refractivity contribution in [2.45, 2.75) is 154 Å². The Balaban J connectivity index is 1.48. The van der Waals surface area contributed by atoms with Gasteiger partial charge in [0.1, 0.15) is 6.04 Å². The summed E-state index contributed by atoms with van der Waals surface area (Å²) >= 11 is 0. The molecule has 3 atom stereocenters. The number of amides is 2. The van der Waals surface area contributed by atoms with Gasteiger partial charge in [-0.1, -0.05) is 95.2 Å². The predicted octanol–water partition coefficient (Wildman–Crippen LogP) is 11.1. The van der Waals surface area contributed by atoms with Crippen LogP contribution < -0.4 is 10.6 Å². The summed E-state index contributed by atoms with van der Waals surface area (Å²) in [7, 11) is 0. The molecule has 1 aliphatic heterocycles. The molecular formula is C46H62N4O3. The van der Waals surface area contributed by atoms with E-state index in [1.807, 2.05) is 30.3 Å². The summed E-state index contributed by atoms with van der Waals surface area (Å²) in [5, 5.41) is 7.44. The second kappa shape index (κ2) is 20.3. The van der Waals surface area contributed by atoms with Gasteiger partial charge in [-0.15, -0.1) is 0 Å². The molecule has 3 aromatic rings. The van der Waals surface area contributed by atoms with Gasteiger partial charge in [-0.05, 0) is 119 Å². The van der Waals surface area contributed by atoms with Gasteiger partial charge in [0.15, 0.2) is 5.78 Å². The first kappa shape index (κ1) is 39.9. The number of benzene rings is 2. The Labute approximate surface area is 317 Å². The molecule has 1 saturated carbocycles. The van der Waals surface area contributed by atoms with E-state index in [2.05, 4.69) is 66.5 Å². The Morgan fingerprint density at radius 3 is 2.43 bits per heavy atom.